The van der Waals surface area contributed by atoms with Crippen molar-refractivity contribution in [3.63, 3.8) is 0 Å². The van der Waals surface area contributed by atoms with Crippen LogP contribution in [0.3, 0.4) is 0 Å². The van der Waals surface area contributed by atoms with Crippen molar-refractivity contribution in [2.75, 3.05) is 0 Å². The summed E-state index contributed by atoms with van der Waals surface area (Å²) in [5, 5.41) is 3.04. The van der Waals surface area contributed by atoms with Crippen LogP contribution < -0.4 is 0 Å². The summed E-state index contributed by atoms with van der Waals surface area (Å²) in [5.74, 6) is 0. The Morgan fingerprint density at radius 2 is 1.05 bits per heavy atom. The number of benzene rings is 2. The molecule has 0 saturated carbocycles. The molecule has 4 heteroatoms. The summed E-state index contributed by atoms with van der Waals surface area (Å²) in [6, 6.07) is 7.96. The van der Waals surface area contributed by atoms with Crippen molar-refractivity contribution in [3.05, 3.63) is 66.6 Å². The first-order valence-electron chi connectivity index (χ1n) is 6.48. The van der Waals surface area contributed by atoms with Gasteiger partial charge in [-0.3, -0.25) is 0 Å². The van der Waals surface area contributed by atoms with Crippen molar-refractivity contribution in [1.29, 1.82) is 0 Å². The smallest absolute Gasteiger partial charge is 0.0455 e. The van der Waals surface area contributed by atoms with Crippen LogP contribution in [0.5, 0.6) is 0 Å². The van der Waals surface area contributed by atoms with E-state index >= 15 is 0 Å². The molecule has 104 valence electrons. The molecule has 0 heterocycles. The summed E-state index contributed by atoms with van der Waals surface area (Å²) < 4.78 is 0. The zero-order valence-corrected chi connectivity index (χ0v) is 13.7. The zero-order chi connectivity index (χ0) is 14.3. The Balaban J connectivity index is 2.11. The van der Waals surface area contributed by atoms with Gasteiger partial charge in [0.25, 0.3) is 0 Å². The van der Waals surface area contributed by atoms with Gasteiger partial charge in [-0.2, -0.15) is 0 Å². The zero-order valence-electron chi connectivity index (χ0n) is 10.6. The lowest BCUT2D eigenvalue weighted by Gasteiger charge is -2.15. The van der Waals surface area contributed by atoms with Crippen molar-refractivity contribution in [2.45, 2.75) is 25.7 Å². The second-order valence-corrected chi connectivity index (χ2v) is 6.70. The van der Waals surface area contributed by atoms with Crippen LogP contribution in [0.2, 0.25) is 20.1 Å². The van der Waals surface area contributed by atoms with Gasteiger partial charge in [-0.25, -0.2) is 0 Å². The minimum Gasteiger partial charge on any atom is -0.0840 e. The Morgan fingerprint density at radius 3 is 1.60 bits per heavy atom. The lowest BCUT2D eigenvalue weighted by Crippen LogP contribution is -2.01. The third-order valence-electron chi connectivity index (χ3n) is 3.74. The van der Waals surface area contributed by atoms with E-state index in [4.69, 9.17) is 46.4 Å². The van der Waals surface area contributed by atoms with E-state index in [0.29, 0.717) is 0 Å². The summed E-state index contributed by atoms with van der Waals surface area (Å²) in [7, 11) is 0. The van der Waals surface area contributed by atoms with Gasteiger partial charge in [-0.15, -0.1) is 0 Å². The Bertz CT molecular complexity index is 653. The molecule has 0 aliphatic heterocycles. The molecular weight excluding hydrogens is 334 g/mol. The highest BCUT2D eigenvalue weighted by Crippen LogP contribution is 2.33. The Kier molecular flexibility index (Phi) is 4.19. The molecular formula is C16H12Cl4. The molecule has 4 bridgehead atoms. The lowest BCUT2D eigenvalue weighted by molar-refractivity contribution is 0.922. The average Bonchev–Trinajstić information content (AvgIpc) is 2.38. The van der Waals surface area contributed by atoms with Crippen LogP contribution in [-0.4, -0.2) is 0 Å². The first-order valence-corrected chi connectivity index (χ1v) is 7.99. The number of halogens is 4. The van der Waals surface area contributed by atoms with Crippen molar-refractivity contribution >= 4 is 46.4 Å². The molecule has 0 spiro atoms. The SMILES string of the molecule is Clc1cc2c(Cl)cc1CCc1cc(Cl)c(c(Cl)c1)CC2. The first kappa shape index (κ1) is 14.5. The van der Waals surface area contributed by atoms with Crippen LogP contribution in [0, 0.1) is 0 Å². The third kappa shape index (κ3) is 2.80. The first-order chi connectivity index (χ1) is 9.54. The summed E-state index contributed by atoms with van der Waals surface area (Å²) in [6.07, 6.45) is 3.20. The maximum absolute atomic E-state index is 6.34. The Morgan fingerprint density at radius 1 is 0.550 bits per heavy atom. The molecule has 0 amide bonds. The van der Waals surface area contributed by atoms with Gasteiger partial charge in [0.15, 0.2) is 0 Å². The van der Waals surface area contributed by atoms with E-state index in [1.165, 1.54) is 0 Å². The van der Waals surface area contributed by atoms with Crippen LogP contribution in [0.25, 0.3) is 0 Å². The lowest BCUT2D eigenvalue weighted by atomic mass is 9.96. The van der Waals surface area contributed by atoms with Gasteiger partial charge in [0.1, 0.15) is 0 Å². The topological polar surface area (TPSA) is 0 Å². The molecule has 0 saturated heterocycles. The summed E-state index contributed by atoms with van der Waals surface area (Å²) in [5.41, 5.74) is 4.21. The second kappa shape index (κ2) is 5.77. The van der Waals surface area contributed by atoms with Gasteiger partial charge in [0.2, 0.25) is 0 Å². The minimum absolute atomic E-state index is 0.740. The standard InChI is InChI=1S/C16H12Cl4/c17-13-8-11-3-4-12-15(19)5-9(6-16(12)20)1-2-10(13)7-14(11)18/h5-8H,1-4H2. The van der Waals surface area contributed by atoms with Gasteiger partial charge in [-0.05, 0) is 72.2 Å². The molecule has 2 aromatic rings. The van der Waals surface area contributed by atoms with Gasteiger partial charge >= 0.3 is 0 Å². The summed E-state index contributed by atoms with van der Waals surface area (Å²) in [4.78, 5) is 0. The fourth-order valence-electron chi connectivity index (χ4n) is 2.59. The van der Waals surface area contributed by atoms with E-state index in [9.17, 15) is 0 Å². The minimum atomic E-state index is 0.740. The van der Waals surface area contributed by atoms with E-state index < -0.39 is 0 Å². The third-order valence-corrected chi connectivity index (χ3v) is 5.12. The van der Waals surface area contributed by atoms with Gasteiger partial charge in [-0.1, -0.05) is 46.4 Å². The van der Waals surface area contributed by atoms with Gasteiger partial charge < -0.3 is 0 Å². The number of aryl methyl sites for hydroxylation is 3. The Labute approximate surface area is 138 Å². The normalized spacial score (nSPS) is 14.2. The van der Waals surface area contributed by atoms with E-state index in [0.717, 1.165) is 68.0 Å². The van der Waals surface area contributed by atoms with Crippen molar-refractivity contribution < 1.29 is 0 Å². The maximum atomic E-state index is 6.34. The van der Waals surface area contributed by atoms with Gasteiger partial charge in [0.05, 0.1) is 0 Å². The highest BCUT2D eigenvalue weighted by molar-refractivity contribution is 6.36. The predicted octanol–water partition coefficient (Wildman–Crippen LogP) is 6.18. The molecule has 0 atom stereocenters. The maximum Gasteiger partial charge on any atom is 0.0455 e. The fraction of sp³-hybridized carbons (Fsp3) is 0.250. The van der Waals surface area contributed by atoms with Crippen LogP contribution in [-0.2, 0) is 25.7 Å². The van der Waals surface area contributed by atoms with Crippen molar-refractivity contribution in [2.24, 2.45) is 0 Å². The highest BCUT2D eigenvalue weighted by Gasteiger charge is 2.14. The summed E-state index contributed by atoms with van der Waals surface area (Å²) in [6.45, 7) is 0. The second-order valence-electron chi connectivity index (χ2n) is 5.07. The number of hydrogen-bond donors (Lipinski definition) is 0. The molecule has 2 aromatic carbocycles. The van der Waals surface area contributed by atoms with E-state index in [1.807, 2.05) is 24.3 Å². The van der Waals surface area contributed by atoms with E-state index in [1.54, 1.807) is 0 Å². The van der Waals surface area contributed by atoms with E-state index in [2.05, 4.69) is 0 Å². The van der Waals surface area contributed by atoms with Crippen LogP contribution in [0.1, 0.15) is 22.3 Å². The predicted molar refractivity (Wildman–Crippen MR) is 87.7 cm³/mol. The molecule has 0 unspecified atom stereocenters. The van der Waals surface area contributed by atoms with Gasteiger partial charge in [0, 0.05) is 20.1 Å². The van der Waals surface area contributed by atoms with Crippen LogP contribution >= 0.6 is 46.4 Å². The molecule has 0 radical (unpaired) electrons. The molecule has 4 aliphatic rings. The molecule has 0 aromatic heterocycles. The largest absolute Gasteiger partial charge is 0.0840 e. The van der Waals surface area contributed by atoms with E-state index in [-0.39, 0.29) is 0 Å². The molecule has 20 heavy (non-hydrogen) atoms. The van der Waals surface area contributed by atoms with Crippen LogP contribution in [0.15, 0.2) is 24.3 Å². The highest BCUT2D eigenvalue weighted by atomic mass is 35.5. The molecule has 0 fully saturated rings. The average molecular weight is 346 g/mol. The fourth-order valence-corrected chi connectivity index (χ4v) is 3.87. The molecule has 0 nitrogen and oxygen atoms in total. The number of hydrogen-bond acceptors (Lipinski definition) is 0. The monoisotopic (exact) mass is 344 g/mol. The molecule has 0 N–H and O–H groups in total. The number of rotatable bonds is 0. The summed E-state index contributed by atoms with van der Waals surface area (Å²) >= 11 is 25.4. The molecule has 6 rings (SSSR count). The quantitative estimate of drug-likeness (QED) is 0.534. The molecule has 4 aliphatic carbocycles. The van der Waals surface area contributed by atoms with Crippen molar-refractivity contribution in [1.82, 2.24) is 0 Å². The van der Waals surface area contributed by atoms with Crippen LogP contribution in [0.4, 0.5) is 0 Å². The van der Waals surface area contributed by atoms with Crippen molar-refractivity contribution in [3.8, 4) is 0 Å². The Hall–Kier alpha value is -0.400.